The van der Waals surface area contributed by atoms with Crippen molar-refractivity contribution < 1.29 is 14.3 Å². The Hall–Kier alpha value is -1.70. The molecular weight excluding hydrogens is 476 g/mol. The first-order valence-corrected chi connectivity index (χ1v) is 10.1. The van der Waals surface area contributed by atoms with Crippen molar-refractivity contribution in [1.29, 1.82) is 0 Å². The lowest BCUT2D eigenvalue weighted by Crippen LogP contribution is -2.34. The van der Waals surface area contributed by atoms with Gasteiger partial charge in [0, 0.05) is 22.0 Å². The van der Waals surface area contributed by atoms with Gasteiger partial charge in [0.1, 0.15) is 0 Å². The number of hydrogen-bond acceptors (Lipinski definition) is 4. The third kappa shape index (κ3) is 7.08. The van der Waals surface area contributed by atoms with E-state index >= 15 is 0 Å². The van der Waals surface area contributed by atoms with Gasteiger partial charge >= 0.3 is 5.97 Å². The summed E-state index contributed by atoms with van der Waals surface area (Å²) in [5.74, 6) is -0.446. The van der Waals surface area contributed by atoms with Crippen molar-refractivity contribution in [3.63, 3.8) is 0 Å². The highest BCUT2D eigenvalue weighted by molar-refractivity contribution is 9.11. The minimum Gasteiger partial charge on any atom is -0.469 e. The quantitative estimate of drug-likeness (QED) is 0.544. The van der Waals surface area contributed by atoms with E-state index in [9.17, 15) is 9.59 Å². The fourth-order valence-electron chi connectivity index (χ4n) is 2.61. The largest absolute Gasteiger partial charge is 0.469 e. The normalized spacial score (nSPS) is 10.7. The van der Waals surface area contributed by atoms with Gasteiger partial charge in [-0.15, -0.1) is 0 Å². The number of halogens is 2. The number of ether oxygens (including phenoxy) is 1. The van der Waals surface area contributed by atoms with Gasteiger partial charge in [0.05, 0.1) is 25.8 Å². The number of hydrogen-bond donors (Lipinski definition) is 1. The molecule has 0 unspecified atom stereocenters. The van der Waals surface area contributed by atoms with Crippen molar-refractivity contribution in [3.8, 4) is 0 Å². The molecule has 0 saturated carbocycles. The van der Waals surface area contributed by atoms with Crippen LogP contribution >= 0.6 is 31.9 Å². The number of methoxy groups -OCH3 is 1. The van der Waals surface area contributed by atoms with E-state index < -0.39 is 0 Å². The van der Waals surface area contributed by atoms with Crippen LogP contribution in [0, 0.1) is 6.92 Å². The number of rotatable bonds is 8. The van der Waals surface area contributed by atoms with Crippen molar-refractivity contribution in [2.75, 3.05) is 25.5 Å². The van der Waals surface area contributed by atoms with Gasteiger partial charge in [0.2, 0.25) is 5.91 Å². The van der Waals surface area contributed by atoms with Crippen molar-refractivity contribution in [3.05, 3.63) is 62.5 Å². The Morgan fingerprint density at radius 2 is 1.74 bits per heavy atom. The molecule has 0 heterocycles. The van der Waals surface area contributed by atoms with E-state index in [1.54, 1.807) is 0 Å². The molecular formula is C20H22Br2N2O3. The second-order valence-electron chi connectivity index (χ2n) is 6.17. The van der Waals surface area contributed by atoms with Gasteiger partial charge in [-0.25, -0.2) is 0 Å². The molecule has 0 fully saturated rings. The van der Waals surface area contributed by atoms with Crippen LogP contribution < -0.4 is 5.32 Å². The predicted molar refractivity (Wildman–Crippen MR) is 114 cm³/mol. The number of carbonyl (C=O) groups is 2. The summed E-state index contributed by atoms with van der Waals surface area (Å²) in [5.41, 5.74) is 2.85. The van der Waals surface area contributed by atoms with E-state index in [-0.39, 0.29) is 24.8 Å². The average molecular weight is 498 g/mol. The third-order valence-corrected chi connectivity index (χ3v) is 5.18. The van der Waals surface area contributed by atoms with Crippen LogP contribution in [0.3, 0.4) is 0 Å². The Kier molecular flexibility index (Phi) is 8.47. The lowest BCUT2D eigenvalue weighted by atomic mass is 10.2. The van der Waals surface area contributed by atoms with Crippen LogP contribution in [0.2, 0.25) is 0 Å². The van der Waals surface area contributed by atoms with E-state index in [0.717, 1.165) is 20.1 Å². The number of nitrogens with zero attached hydrogens (tertiary/aromatic N) is 1. The number of esters is 1. The van der Waals surface area contributed by atoms with E-state index in [2.05, 4.69) is 37.2 Å². The molecule has 0 aliphatic heterocycles. The average Bonchev–Trinajstić information content (AvgIpc) is 2.63. The first-order valence-electron chi connectivity index (χ1n) is 8.47. The van der Waals surface area contributed by atoms with E-state index in [4.69, 9.17) is 4.74 Å². The second kappa shape index (κ2) is 10.6. The smallest absolute Gasteiger partial charge is 0.306 e. The molecule has 0 bridgehead atoms. The van der Waals surface area contributed by atoms with Gasteiger partial charge in [-0.3, -0.25) is 14.5 Å². The SMILES string of the molecule is COC(=O)CCN(CC(=O)Nc1c(Br)cc(C)cc1Br)Cc1ccccc1. The molecule has 0 saturated heterocycles. The molecule has 27 heavy (non-hydrogen) atoms. The van der Waals surface area contributed by atoms with Crippen LogP contribution in [-0.2, 0) is 20.9 Å². The number of aryl methyl sites for hydroxylation is 1. The maximum atomic E-state index is 12.6. The van der Waals surface area contributed by atoms with Gasteiger partial charge in [0.25, 0.3) is 0 Å². The fraction of sp³-hybridized carbons (Fsp3) is 0.300. The zero-order valence-corrected chi connectivity index (χ0v) is 18.5. The highest BCUT2D eigenvalue weighted by Crippen LogP contribution is 2.32. The predicted octanol–water partition coefficient (Wildman–Crippen LogP) is 4.52. The zero-order chi connectivity index (χ0) is 19.8. The van der Waals surface area contributed by atoms with Crippen molar-refractivity contribution in [1.82, 2.24) is 4.90 Å². The summed E-state index contributed by atoms with van der Waals surface area (Å²) in [6, 6.07) is 13.7. The molecule has 1 N–H and O–H groups in total. The molecule has 7 heteroatoms. The first-order chi connectivity index (χ1) is 12.9. The molecule has 0 radical (unpaired) electrons. The Labute approximate surface area is 176 Å². The minimum absolute atomic E-state index is 0.152. The summed E-state index contributed by atoms with van der Waals surface area (Å²) >= 11 is 6.97. The number of carbonyl (C=O) groups excluding carboxylic acids is 2. The Balaban J connectivity index is 2.06. The van der Waals surface area contributed by atoms with E-state index in [1.165, 1.54) is 7.11 Å². The Morgan fingerprint density at radius 1 is 1.11 bits per heavy atom. The van der Waals surface area contributed by atoms with E-state index in [0.29, 0.717) is 18.8 Å². The maximum absolute atomic E-state index is 12.6. The summed E-state index contributed by atoms with van der Waals surface area (Å²) in [6.07, 6.45) is 0.231. The summed E-state index contributed by atoms with van der Waals surface area (Å²) in [7, 11) is 1.36. The molecule has 0 aromatic heterocycles. The number of amides is 1. The summed E-state index contributed by atoms with van der Waals surface area (Å²) in [5, 5.41) is 2.93. The van der Waals surface area contributed by atoms with Crippen molar-refractivity contribution in [2.24, 2.45) is 0 Å². The van der Waals surface area contributed by atoms with Crippen LogP contribution in [-0.4, -0.2) is 37.0 Å². The Morgan fingerprint density at radius 3 is 2.33 bits per heavy atom. The highest BCUT2D eigenvalue weighted by Gasteiger charge is 2.16. The van der Waals surface area contributed by atoms with Crippen LogP contribution in [0.25, 0.3) is 0 Å². The van der Waals surface area contributed by atoms with Crippen LogP contribution in [0.4, 0.5) is 5.69 Å². The molecule has 5 nitrogen and oxygen atoms in total. The van der Waals surface area contributed by atoms with Gasteiger partial charge in [-0.2, -0.15) is 0 Å². The van der Waals surface area contributed by atoms with Crippen LogP contribution in [0.15, 0.2) is 51.4 Å². The summed E-state index contributed by atoms with van der Waals surface area (Å²) in [6.45, 7) is 3.15. The molecule has 0 atom stereocenters. The third-order valence-electron chi connectivity index (χ3n) is 3.93. The van der Waals surface area contributed by atoms with Crippen molar-refractivity contribution in [2.45, 2.75) is 19.9 Å². The topological polar surface area (TPSA) is 58.6 Å². The summed E-state index contributed by atoms with van der Waals surface area (Å²) < 4.78 is 6.34. The van der Waals surface area contributed by atoms with Crippen LogP contribution in [0.5, 0.6) is 0 Å². The first kappa shape index (κ1) is 21.6. The lowest BCUT2D eigenvalue weighted by Gasteiger charge is -2.22. The number of benzene rings is 2. The lowest BCUT2D eigenvalue weighted by molar-refractivity contribution is -0.141. The van der Waals surface area contributed by atoms with Gasteiger partial charge in [0.15, 0.2) is 0 Å². The maximum Gasteiger partial charge on any atom is 0.306 e. The molecule has 2 rings (SSSR count). The van der Waals surface area contributed by atoms with E-state index in [1.807, 2.05) is 54.3 Å². The fourth-order valence-corrected chi connectivity index (χ4v) is 4.22. The highest BCUT2D eigenvalue weighted by atomic mass is 79.9. The summed E-state index contributed by atoms with van der Waals surface area (Å²) in [4.78, 5) is 26.0. The molecule has 2 aromatic carbocycles. The standard InChI is InChI=1S/C20H22Br2N2O3/c1-14-10-16(21)20(17(22)11-14)23-18(25)13-24(9-8-19(26)27-2)12-15-6-4-3-5-7-15/h3-7,10-11H,8-9,12-13H2,1-2H3,(H,23,25). The number of nitrogens with one attached hydrogen (secondary N) is 1. The minimum atomic E-state index is -0.294. The monoisotopic (exact) mass is 496 g/mol. The van der Waals surface area contributed by atoms with Gasteiger partial charge in [-0.1, -0.05) is 30.3 Å². The van der Waals surface area contributed by atoms with Crippen molar-refractivity contribution >= 4 is 49.4 Å². The second-order valence-corrected chi connectivity index (χ2v) is 7.88. The molecule has 0 aliphatic carbocycles. The Bertz CT molecular complexity index is 774. The zero-order valence-electron chi connectivity index (χ0n) is 15.3. The molecule has 1 amide bonds. The van der Waals surface area contributed by atoms with Gasteiger partial charge < -0.3 is 10.1 Å². The molecule has 0 spiro atoms. The molecule has 0 aliphatic rings. The van der Waals surface area contributed by atoms with Gasteiger partial charge in [-0.05, 0) is 62.0 Å². The van der Waals surface area contributed by atoms with Crippen LogP contribution in [0.1, 0.15) is 17.5 Å². The molecule has 2 aromatic rings. The number of anilines is 1. The molecule has 144 valence electrons.